The smallest absolute Gasteiger partial charge is 0.333 e. The number of hydrogen-bond acceptors (Lipinski definition) is 6. The number of aliphatic hydroxyl groups is 1. The molecule has 0 radical (unpaired) electrons. The van der Waals surface area contributed by atoms with E-state index in [0.717, 1.165) is 0 Å². The normalized spacial score (nSPS) is 15.5. The van der Waals surface area contributed by atoms with Crippen molar-refractivity contribution in [3.63, 3.8) is 0 Å². The lowest BCUT2D eigenvalue weighted by atomic mass is 9.84. The van der Waals surface area contributed by atoms with Crippen LogP contribution >= 0.6 is 7.60 Å². The van der Waals surface area contributed by atoms with Crippen molar-refractivity contribution in [3.05, 3.63) is 52.6 Å². The van der Waals surface area contributed by atoms with E-state index in [2.05, 4.69) is 6.58 Å². The summed E-state index contributed by atoms with van der Waals surface area (Å²) in [5.41, 5.74) is -1.29. The van der Waals surface area contributed by atoms with Gasteiger partial charge in [-0.1, -0.05) is 13.0 Å². The third-order valence-electron chi connectivity index (χ3n) is 3.77. The Hall–Kier alpha value is -1.53. The first-order chi connectivity index (χ1) is 11.2. The van der Waals surface area contributed by atoms with Gasteiger partial charge >= 0.3 is 7.60 Å². The second-order valence-corrected chi connectivity index (χ2v) is 7.41. The molecule has 0 aliphatic carbocycles. The highest BCUT2D eigenvalue weighted by Crippen LogP contribution is 2.54. The zero-order chi connectivity index (χ0) is 18.4. The first-order valence-corrected chi connectivity index (χ1v) is 9.43. The van der Waals surface area contributed by atoms with Crippen LogP contribution in [-0.4, -0.2) is 29.4 Å². The molecule has 0 spiro atoms. The van der Waals surface area contributed by atoms with E-state index in [1.165, 1.54) is 30.3 Å². The van der Waals surface area contributed by atoms with E-state index in [1.54, 1.807) is 20.8 Å². The molecule has 1 aromatic rings. The lowest BCUT2D eigenvalue weighted by Gasteiger charge is -2.35. The van der Waals surface area contributed by atoms with E-state index in [4.69, 9.17) is 9.05 Å². The fraction of sp³-hybridized carbons (Fsp3) is 0.500. The maximum atomic E-state index is 12.9. The van der Waals surface area contributed by atoms with Gasteiger partial charge in [0.1, 0.15) is 5.60 Å². The van der Waals surface area contributed by atoms with Gasteiger partial charge in [0.2, 0.25) is 0 Å². The van der Waals surface area contributed by atoms with Crippen LogP contribution in [0.2, 0.25) is 0 Å². The van der Waals surface area contributed by atoms with Crippen LogP contribution in [-0.2, 0) is 19.2 Å². The summed E-state index contributed by atoms with van der Waals surface area (Å²) in [5.74, 6) is -0.479. The van der Waals surface area contributed by atoms with Crippen LogP contribution < -0.4 is 0 Å². The summed E-state index contributed by atoms with van der Waals surface area (Å²) in [6.45, 7) is 9.13. The third-order valence-corrected chi connectivity index (χ3v) is 5.94. The summed E-state index contributed by atoms with van der Waals surface area (Å²) in [7, 11) is -3.54. The molecule has 1 rings (SSSR count). The largest absolute Gasteiger partial charge is 0.384 e. The molecule has 0 bridgehead atoms. The minimum Gasteiger partial charge on any atom is -0.384 e. The average molecular weight is 357 g/mol. The van der Waals surface area contributed by atoms with Gasteiger partial charge < -0.3 is 14.2 Å². The molecule has 134 valence electrons. The molecular formula is C16H24NO6P. The van der Waals surface area contributed by atoms with Gasteiger partial charge in [0.25, 0.3) is 5.69 Å². The van der Waals surface area contributed by atoms with Crippen molar-refractivity contribution in [2.45, 2.75) is 26.4 Å². The van der Waals surface area contributed by atoms with Gasteiger partial charge in [0.15, 0.2) is 0 Å². The molecule has 0 saturated heterocycles. The molecule has 2 atom stereocenters. The molecule has 1 N–H and O–H groups in total. The predicted molar refractivity (Wildman–Crippen MR) is 92.1 cm³/mol. The second kappa shape index (κ2) is 8.53. The quantitative estimate of drug-likeness (QED) is 0.295. The summed E-state index contributed by atoms with van der Waals surface area (Å²) in [6.07, 6.45) is 1.26. The molecule has 2 unspecified atom stereocenters. The van der Waals surface area contributed by atoms with Gasteiger partial charge in [0, 0.05) is 18.1 Å². The standard InChI is InChI=1S/C16H24NO6P/c1-5-13(4)16(18,12-24(21,22-6-2)23-7-3)14-8-10-15(11-9-14)17(19)20/h5,8-11,13,18H,1,6-7,12H2,2-4H3. The number of hydrogen-bond donors (Lipinski definition) is 1. The zero-order valence-electron chi connectivity index (χ0n) is 14.2. The van der Waals surface area contributed by atoms with E-state index in [1.807, 2.05) is 0 Å². The van der Waals surface area contributed by atoms with Crippen molar-refractivity contribution < 1.29 is 23.6 Å². The molecule has 0 aliphatic rings. The minimum atomic E-state index is -3.54. The Labute approximate surface area is 142 Å². The first-order valence-electron chi connectivity index (χ1n) is 7.70. The molecule has 0 amide bonds. The SMILES string of the molecule is C=CC(C)C(O)(CP(=O)(OCC)OCC)c1ccc([N+](=O)[O-])cc1. The summed E-state index contributed by atoms with van der Waals surface area (Å²) >= 11 is 0. The monoisotopic (exact) mass is 357 g/mol. The van der Waals surface area contributed by atoms with Gasteiger partial charge in [-0.2, -0.15) is 0 Å². The molecule has 0 saturated carbocycles. The summed E-state index contributed by atoms with van der Waals surface area (Å²) in [6, 6.07) is 5.48. The van der Waals surface area contributed by atoms with Crippen molar-refractivity contribution in [3.8, 4) is 0 Å². The second-order valence-electron chi connectivity index (χ2n) is 5.36. The summed E-state index contributed by atoms with van der Waals surface area (Å²) in [4.78, 5) is 10.3. The minimum absolute atomic E-state index is 0.0924. The molecule has 0 aromatic heterocycles. The highest BCUT2D eigenvalue weighted by atomic mass is 31.2. The van der Waals surface area contributed by atoms with Gasteiger partial charge in [-0.05, 0) is 31.5 Å². The summed E-state index contributed by atoms with van der Waals surface area (Å²) < 4.78 is 23.4. The van der Waals surface area contributed by atoms with Gasteiger partial charge in [-0.15, -0.1) is 6.58 Å². The molecule has 0 fully saturated rings. The Kier molecular flexibility index (Phi) is 7.29. The molecule has 7 nitrogen and oxygen atoms in total. The predicted octanol–water partition coefficient (Wildman–Crippen LogP) is 3.87. The number of nitro groups is 1. The van der Waals surface area contributed by atoms with Crippen LogP contribution in [0.1, 0.15) is 26.3 Å². The van der Waals surface area contributed by atoms with Gasteiger partial charge in [-0.3, -0.25) is 14.7 Å². The Morgan fingerprint density at radius 2 is 1.83 bits per heavy atom. The average Bonchev–Trinajstić information content (AvgIpc) is 2.54. The van der Waals surface area contributed by atoms with Crippen molar-refractivity contribution in [1.82, 2.24) is 0 Å². The van der Waals surface area contributed by atoms with Crippen LogP contribution in [0, 0.1) is 16.0 Å². The third kappa shape index (κ3) is 4.74. The highest BCUT2D eigenvalue weighted by Gasteiger charge is 2.43. The van der Waals surface area contributed by atoms with E-state index in [-0.39, 0.29) is 25.1 Å². The maximum absolute atomic E-state index is 12.9. The van der Waals surface area contributed by atoms with Crippen molar-refractivity contribution >= 4 is 13.3 Å². The zero-order valence-corrected chi connectivity index (χ0v) is 15.1. The van der Waals surface area contributed by atoms with E-state index in [0.29, 0.717) is 5.56 Å². The van der Waals surface area contributed by atoms with Crippen LogP contribution in [0.4, 0.5) is 5.69 Å². The molecule has 0 heterocycles. The van der Waals surface area contributed by atoms with Crippen molar-refractivity contribution in [2.24, 2.45) is 5.92 Å². The maximum Gasteiger partial charge on any atom is 0.333 e. The van der Waals surface area contributed by atoms with Crippen LogP contribution in [0.15, 0.2) is 36.9 Å². The number of non-ortho nitro benzene ring substituents is 1. The van der Waals surface area contributed by atoms with Gasteiger partial charge in [0.05, 0.1) is 24.3 Å². The fourth-order valence-electron chi connectivity index (χ4n) is 2.38. The molecule has 8 heteroatoms. The highest BCUT2D eigenvalue weighted by molar-refractivity contribution is 7.53. The molecule has 24 heavy (non-hydrogen) atoms. The lowest BCUT2D eigenvalue weighted by molar-refractivity contribution is -0.384. The van der Waals surface area contributed by atoms with Gasteiger partial charge in [-0.25, -0.2) is 0 Å². The number of rotatable bonds is 10. The van der Waals surface area contributed by atoms with E-state index < -0.39 is 24.0 Å². The van der Waals surface area contributed by atoms with Crippen LogP contribution in [0.5, 0.6) is 0 Å². The number of nitrogens with zero attached hydrogens (tertiary/aromatic N) is 1. The van der Waals surface area contributed by atoms with Crippen LogP contribution in [0.25, 0.3) is 0 Å². The number of benzene rings is 1. The Bertz CT molecular complexity index is 607. The molecular weight excluding hydrogens is 333 g/mol. The molecule has 1 aromatic carbocycles. The van der Waals surface area contributed by atoms with E-state index in [9.17, 15) is 19.8 Å². The van der Waals surface area contributed by atoms with Crippen molar-refractivity contribution in [1.29, 1.82) is 0 Å². The number of nitro benzene ring substituents is 1. The van der Waals surface area contributed by atoms with E-state index >= 15 is 0 Å². The Balaban J connectivity index is 3.29. The molecule has 0 aliphatic heterocycles. The Morgan fingerprint density at radius 3 is 2.21 bits per heavy atom. The van der Waals surface area contributed by atoms with Crippen molar-refractivity contribution in [2.75, 3.05) is 19.4 Å². The first kappa shape index (κ1) is 20.5. The van der Waals surface area contributed by atoms with Crippen LogP contribution in [0.3, 0.4) is 0 Å². The Morgan fingerprint density at radius 1 is 1.33 bits per heavy atom. The lowest BCUT2D eigenvalue weighted by Crippen LogP contribution is -2.37. The fourth-order valence-corrected chi connectivity index (χ4v) is 4.49. The summed E-state index contributed by atoms with van der Waals surface area (Å²) in [5, 5.41) is 22.0. The topological polar surface area (TPSA) is 98.9 Å².